The summed E-state index contributed by atoms with van der Waals surface area (Å²) in [5, 5.41) is 0. The Labute approximate surface area is 179 Å². The van der Waals surface area contributed by atoms with Crippen LogP contribution in [0.2, 0.25) is 0 Å². The van der Waals surface area contributed by atoms with Gasteiger partial charge in [0.1, 0.15) is 12.4 Å². The number of hydrogen-bond acceptors (Lipinski definition) is 4. The fourth-order valence-electron chi connectivity index (χ4n) is 3.97. The minimum absolute atomic E-state index is 0.161. The van der Waals surface area contributed by atoms with Crippen molar-refractivity contribution < 1.29 is 19.0 Å². The van der Waals surface area contributed by atoms with Gasteiger partial charge in [-0.2, -0.15) is 0 Å². The first-order valence-corrected chi connectivity index (χ1v) is 10.7. The molecule has 0 aliphatic carbocycles. The van der Waals surface area contributed by atoms with Crippen LogP contribution in [0.1, 0.15) is 49.9 Å². The molecule has 0 saturated carbocycles. The summed E-state index contributed by atoms with van der Waals surface area (Å²) in [5.41, 5.74) is 3.52. The van der Waals surface area contributed by atoms with Crippen LogP contribution in [-0.2, 0) is 17.6 Å². The monoisotopic (exact) mass is 411 g/mol. The van der Waals surface area contributed by atoms with Gasteiger partial charge >= 0.3 is 0 Å². The molecule has 162 valence electrons. The van der Waals surface area contributed by atoms with Crippen LogP contribution in [0.4, 0.5) is 0 Å². The Morgan fingerprint density at radius 3 is 2.37 bits per heavy atom. The molecule has 0 aromatic heterocycles. The minimum Gasteiger partial charge on any atom is -0.493 e. The lowest BCUT2D eigenvalue weighted by atomic mass is 9.91. The smallest absolute Gasteiger partial charge is 0.223 e. The third-order valence-electron chi connectivity index (χ3n) is 5.65. The highest BCUT2D eigenvalue weighted by Gasteiger charge is 2.32. The zero-order valence-corrected chi connectivity index (χ0v) is 18.7. The summed E-state index contributed by atoms with van der Waals surface area (Å²) in [6, 6.07) is 12.0. The summed E-state index contributed by atoms with van der Waals surface area (Å²) >= 11 is 0. The van der Waals surface area contributed by atoms with Crippen molar-refractivity contribution in [3.05, 3.63) is 53.1 Å². The molecule has 0 saturated heterocycles. The Bertz CT molecular complexity index is 860. The first kappa shape index (κ1) is 22.0. The topological polar surface area (TPSA) is 48.0 Å². The van der Waals surface area contributed by atoms with E-state index in [0.717, 1.165) is 24.2 Å². The predicted molar refractivity (Wildman–Crippen MR) is 118 cm³/mol. The summed E-state index contributed by atoms with van der Waals surface area (Å²) in [6.45, 7) is 7.36. The van der Waals surface area contributed by atoms with Gasteiger partial charge in [0.2, 0.25) is 5.91 Å². The van der Waals surface area contributed by atoms with Gasteiger partial charge in [-0.15, -0.1) is 0 Å². The summed E-state index contributed by atoms with van der Waals surface area (Å²) in [7, 11) is 3.28. The fourth-order valence-corrected chi connectivity index (χ4v) is 3.97. The Balaban J connectivity index is 1.91. The van der Waals surface area contributed by atoms with Crippen LogP contribution in [0.15, 0.2) is 36.4 Å². The Kier molecular flexibility index (Phi) is 7.24. The molecule has 1 aliphatic rings. The van der Waals surface area contributed by atoms with Crippen LogP contribution in [0, 0.1) is 5.92 Å². The highest BCUT2D eigenvalue weighted by molar-refractivity contribution is 5.77. The van der Waals surface area contributed by atoms with Gasteiger partial charge in [-0.3, -0.25) is 4.79 Å². The lowest BCUT2D eigenvalue weighted by Crippen LogP contribution is -2.43. The van der Waals surface area contributed by atoms with Gasteiger partial charge < -0.3 is 19.1 Å². The maximum absolute atomic E-state index is 13.0. The van der Waals surface area contributed by atoms with Crippen molar-refractivity contribution in [1.82, 2.24) is 4.90 Å². The second-order valence-corrected chi connectivity index (χ2v) is 8.17. The Hall–Kier alpha value is -2.69. The first-order chi connectivity index (χ1) is 14.5. The molecule has 0 bridgehead atoms. The van der Waals surface area contributed by atoms with Crippen LogP contribution in [0.25, 0.3) is 0 Å². The molecule has 2 aromatic carbocycles. The van der Waals surface area contributed by atoms with Crippen molar-refractivity contribution in [2.24, 2.45) is 5.92 Å². The number of amides is 1. The lowest BCUT2D eigenvalue weighted by Gasteiger charge is -2.38. The number of benzene rings is 2. The van der Waals surface area contributed by atoms with Crippen LogP contribution in [-0.4, -0.2) is 38.2 Å². The number of methoxy groups -OCH3 is 2. The average molecular weight is 412 g/mol. The van der Waals surface area contributed by atoms with E-state index in [4.69, 9.17) is 14.2 Å². The molecule has 0 N–H and O–H groups in total. The van der Waals surface area contributed by atoms with Crippen LogP contribution >= 0.6 is 0 Å². The normalized spacial score (nSPS) is 15.7. The lowest BCUT2D eigenvalue weighted by molar-refractivity contribution is -0.135. The average Bonchev–Trinajstić information content (AvgIpc) is 2.76. The molecule has 1 unspecified atom stereocenters. The Morgan fingerprint density at radius 1 is 1.10 bits per heavy atom. The molecule has 0 radical (unpaired) electrons. The quantitative estimate of drug-likeness (QED) is 0.625. The van der Waals surface area contributed by atoms with Crippen molar-refractivity contribution in [1.29, 1.82) is 0 Å². The molecule has 0 spiro atoms. The fraction of sp³-hybridized carbons (Fsp3) is 0.480. The van der Waals surface area contributed by atoms with Crippen LogP contribution in [0.5, 0.6) is 17.2 Å². The maximum Gasteiger partial charge on any atom is 0.223 e. The zero-order valence-electron chi connectivity index (χ0n) is 18.7. The molecule has 2 aromatic rings. The number of ether oxygens (including phenoxy) is 3. The molecule has 1 aliphatic heterocycles. The minimum atomic E-state index is -0.161. The maximum atomic E-state index is 13.0. The zero-order chi connectivity index (χ0) is 21.7. The van der Waals surface area contributed by atoms with Gasteiger partial charge in [0.05, 0.1) is 20.3 Å². The number of nitrogens with zero attached hydrogens (tertiary/aromatic N) is 1. The van der Waals surface area contributed by atoms with E-state index in [0.29, 0.717) is 37.0 Å². The number of aryl methyl sites for hydroxylation is 1. The summed E-state index contributed by atoms with van der Waals surface area (Å²) in [6.07, 6.45) is 2.32. The molecular formula is C25H33NO4. The number of carbonyl (C=O) groups excluding carboxylic acids is 1. The van der Waals surface area contributed by atoms with Crippen LogP contribution < -0.4 is 14.2 Å². The van der Waals surface area contributed by atoms with Gasteiger partial charge in [0.15, 0.2) is 11.5 Å². The van der Waals surface area contributed by atoms with E-state index in [-0.39, 0.29) is 11.9 Å². The van der Waals surface area contributed by atoms with Gasteiger partial charge in [-0.1, -0.05) is 32.9 Å². The number of rotatable bonds is 8. The third-order valence-corrected chi connectivity index (χ3v) is 5.65. The SMILES string of the molecule is CCc1ccc(OCC2c3cc(OC)c(OC)cc3CCN2C(=O)CC(C)C)cc1. The Morgan fingerprint density at radius 2 is 1.77 bits per heavy atom. The van der Waals surface area contributed by atoms with Gasteiger partial charge in [0, 0.05) is 13.0 Å². The van der Waals surface area contributed by atoms with Gasteiger partial charge in [-0.05, 0) is 59.7 Å². The number of fused-ring (bicyclic) bond motifs is 1. The molecule has 30 heavy (non-hydrogen) atoms. The second kappa shape index (κ2) is 9.88. The van der Waals surface area contributed by atoms with E-state index >= 15 is 0 Å². The number of hydrogen-bond donors (Lipinski definition) is 0. The summed E-state index contributed by atoms with van der Waals surface area (Å²) in [4.78, 5) is 15.0. The van der Waals surface area contributed by atoms with E-state index < -0.39 is 0 Å². The standard InChI is InChI=1S/C25H33NO4/c1-6-18-7-9-20(10-8-18)30-16-22-21-15-24(29-5)23(28-4)14-19(21)11-12-26(22)25(27)13-17(2)3/h7-10,14-15,17,22H,6,11-13,16H2,1-5H3. The van der Waals surface area contributed by atoms with Crippen molar-refractivity contribution >= 4 is 5.91 Å². The molecule has 1 heterocycles. The van der Waals surface area contributed by atoms with E-state index in [1.54, 1.807) is 14.2 Å². The molecule has 1 atom stereocenters. The van der Waals surface area contributed by atoms with E-state index in [2.05, 4.69) is 32.9 Å². The van der Waals surface area contributed by atoms with E-state index in [1.165, 1.54) is 11.1 Å². The highest BCUT2D eigenvalue weighted by atomic mass is 16.5. The van der Waals surface area contributed by atoms with Crippen molar-refractivity contribution in [3.8, 4) is 17.2 Å². The molecule has 5 heteroatoms. The predicted octanol–water partition coefficient (Wildman–Crippen LogP) is 4.82. The van der Waals surface area contributed by atoms with Crippen LogP contribution in [0.3, 0.4) is 0 Å². The molecule has 3 rings (SSSR count). The summed E-state index contributed by atoms with van der Waals surface area (Å²) in [5.74, 6) is 2.68. The third kappa shape index (κ3) is 4.89. The first-order valence-electron chi connectivity index (χ1n) is 10.7. The molecule has 0 fully saturated rings. The van der Waals surface area contributed by atoms with E-state index in [9.17, 15) is 4.79 Å². The molecular weight excluding hydrogens is 378 g/mol. The van der Waals surface area contributed by atoms with Crippen molar-refractivity contribution in [2.45, 2.75) is 46.1 Å². The van der Waals surface area contributed by atoms with Gasteiger partial charge in [0.25, 0.3) is 0 Å². The highest BCUT2D eigenvalue weighted by Crippen LogP contribution is 2.38. The summed E-state index contributed by atoms with van der Waals surface area (Å²) < 4.78 is 17.2. The van der Waals surface area contributed by atoms with E-state index in [1.807, 2.05) is 29.2 Å². The molecule has 5 nitrogen and oxygen atoms in total. The van der Waals surface area contributed by atoms with Crippen molar-refractivity contribution in [3.63, 3.8) is 0 Å². The van der Waals surface area contributed by atoms with Crippen molar-refractivity contribution in [2.75, 3.05) is 27.4 Å². The largest absolute Gasteiger partial charge is 0.493 e. The van der Waals surface area contributed by atoms with Gasteiger partial charge in [-0.25, -0.2) is 0 Å². The second-order valence-electron chi connectivity index (χ2n) is 8.17. The molecule has 1 amide bonds. The number of carbonyl (C=O) groups is 1.